The SMILES string of the molecule is Cc1nn(C)c(C)c1CN(Cc1nc(-c2cccc3ccccc23)oc1C)C1CC1. The highest BCUT2D eigenvalue weighted by Gasteiger charge is 2.31. The van der Waals surface area contributed by atoms with Gasteiger partial charge in [0.05, 0.1) is 11.4 Å². The maximum atomic E-state index is 6.16. The third-order valence-electron chi connectivity index (χ3n) is 6.35. The summed E-state index contributed by atoms with van der Waals surface area (Å²) in [5.41, 5.74) is 5.78. The highest BCUT2D eigenvalue weighted by Crippen LogP contribution is 2.33. The fourth-order valence-corrected chi connectivity index (χ4v) is 4.30. The smallest absolute Gasteiger partial charge is 0.227 e. The van der Waals surface area contributed by atoms with Gasteiger partial charge in [0.15, 0.2) is 0 Å². The van der Waals surface area contributed by atoms with E-state index >= 15 is 0 Å². The van der Waals surface area contributed by atoms with Gasteiger partial charge in [0.25, 0.3) is 0 Å². The second-order valence-electron chi connectivity index (χ2n) is 8.46. The lowest BCUT2D eigenvalue weighted by Crippen LogP contribution is -2.26. The van der Waals surface area contributed by atoms with E-state index in [-0.39, 0.29) is 0 Å². The Morgan fingerprint density at radius 1 is 1.03 bits per heavy atom. The first-order valence-electron chi connectivity index (χ1n) is 10.7. The normalized spacial score (nSPS) is 14.2. The minimum Gasteiger partial charge on any atom is -0.441 e. The van der Waals surface area contributed by atoms with Crippen molar-refractivity contribution < 1.29 is 4.42 Å². The summed E-state index contributed by atoms with van der Waals surface area (Å²) in [6.07, 6.45) is 2.51. The number of nitrogens with zero attached hydrogens (tertiary/aromatic N) is 4. The van der Waals surface area contributed by atoms with Crippen LogP contribution in [-0.2, 0) is 20.1 Å². The van der Waals surface area contributed by atoms with Gasteiger partial charge in [-0.2, -0.15) is 5.10 Å². The first kappa shape index (κ1) is 19.1. The summed E-state index contributed by atoms with van der Waals surface area (Å²) in [6.45, 7) is 8.00. The fraction of sp³-hybridized carbons (Fsp3) is 0.360. The van der Waals surface area contributed by atoms with Gasteiger partial charge in [-0.3, -0.25) is 9.58 Å². The van der Waals surface area contributed by atoms with Crippen LogP contribution in [0.25, 0.3) is 22.2 Å². The Kier molecular flexibility index (Phi) is 4.70. The van der Waals surface area contributed by atoms with Crippen LogP contribution in [-0.4, -0.2) is 25.7 Å². The molecule has 4 aromatic rings. The Hall–Kier alpha value is -2.92. The van der Waals surface area contributed by atoms with Crippen molar-refractivity contribution in [2.24, 2.45) is 7.05 Å². The highest BCUT2D eigenvalue weighted by atomic mass is 16.4. The summed E-state index contributed by atoms with van der Waals surface area (Å²) in [5, 5.41) is 6.97. The van der Waals surface area contributed by atoms with E-state index in [1.807, 2.05) is 18.7 Å². The number of aromatic nitrogens is 3. The van der Waals surface area contributed by atoms with Crippen molar-refractivity contribution >= 4 is 10.8 Å². The molecule has 0 atom stereocenters. The van der Waals surface area contributed by atoms with Crippen molar-refractivity contribution in [2.75, 3.05) is 0 Å². The lowest BCUT2D eigenvalue weighted by atomic mass is 10.0. The Labute approximate surface area is 177 Å². The summed E-state index contributed by atoms with van der Waals surface area (Å²) in [7, 11) is 2.02. The van der Waals surface area contributed by atoms with Gasteiger partial charge in [0, 0.05) is 43.0 Å². The van der Waals surface area contributed by atoms with Gasteiger partial charge in [0.1, 0.15) is 5.76 Å². The summed E-state index contributed by atoms with van der Waals surface area (Å²) in [4.78, 5) is 7.48. The van der Waals surface area contributed by atoms with Gasteiger partial charge in [0.2, 0.25) is 5.89 Å². The molecule has 5 rings (SSSR count). The van der Waals surface area contributed by atoms with Crippen LogP contribution in [0.4, 0.5) is 0 Å². The van der Waals surface area contributed by atoms with Crippen LogP contribution < -0.4 is 0 Å². The van der Waals surface area contributed by atoms with E-state index in [0.29, 0.717) is 11.9 Å². The maximum Gasteiger partial charge on any atom is 0.227 e. The zero-order valence-electron chi connectivity index (χ0n) is 18.1. The average molecular weight is 401 g/mol. The summed E-state index contributed by atoms with van der Waals surface area (Å²) < 4.78 is 8.14. The minimum absolute atomic E-state index is 0.626. The zero-order chi connectivity index (χ0) is 20.8. The van der Waals surface area contributed by atoms with Crippen molar-refractivity contribution in [3.8, 4) is 11.5 Å². The molecule has 0 aliphatic heterocycles. The van der Waals surface area contributed by atoms with Crippen LogP contribution in [0.5, 0.6) is 0 Å². The molecular weight excluding hydrogens is 372 g/mol. The Morgan fingerprint density at radius 3 is 2.53 bits per heavy atom. The number of rotatable bonds is 6. The third kappa shape index (κ3) is 3.43. The quantitative estimate of drug-likeness (QED) is 0.440. The van der Waals surface area contributed by atoms with E-state index in [4.69, 9.17) is 9.40 Å². The van der Waals surface area contributed by atoms with E-state index in [2.05, 4.69) is 66.3 Å². The molecule has 5 heteroatoms. The van der Waals surface area contributed by atoms with Gasteiger partial charge in [-0.15, -0.1) is 0 Å². The van der Waals surface area contributed by atoms with Crippen molar-refractivity contribution in [2.45, 2.75) is 52.7 Å². The molecule has 1 aliphatic carbocycles. The largest absolute Gasteiger partial charge is 0.441 e. The summed E-state index contributed by atoms with van der Waals surface area (Å²) >= 11 is 0. The second kappa shape index (κ2) is 7.40. The molecule has 0 radical (unpaired) electrons. The standard InChI is InChI=1S/C25H28N4O/c1-16-23(17(2)28(4)27-16)14-29(20-12-13-20)15-24-18(3)30-25(26-24)22-11-7-9-19-8-5-6-10-21(19)22/h5-11,20H,12-15H2,1-4H3. The molecule has 5 nitrogen and oxygen atoms in total. The van der Waals surface area contributed by atoms with Gasteiger partial charge < -0.3 is 4.42 Å². The molecule has 0 saturated heterocycles. The monoisotopic (exact) mass is 400 g/mol. The first-order valence-corrected chi connectivity index (χ1v) is 10.7. The molecule has 0 amide bonds. The van der Waals surface area contributed by atoms with Crippen LogP contribution in [0, 0.1) is 20.8 Å². The van der Waals surface area contributed by atoms with E-state index < -0.39 is 0 Å². The predicted octanol–water partition coefficient (Wildman–Crippen LogP) is 5.32. The molecule has 2 aromatic carbocycles. The molecule has 0 spiro atoms. The molecule has 1 fully saturated rings. The Morgan fingerprint density at radius 2 is 1.80 bits per heavy atom. The number of aryl methyl sites for hydroxylation is 3. The number of hydrogen-bond donors (Lipinski definition) is 0. The van der Waals surface area contributed by atoms with E-state index in [9.17, 15) is 0 Å². The number of fused-ring (bicyclic) bond motifs is 1. The number of benzene rings is 2. The van der Waals surface area contributed by atoms with E-state index in [1.54, 1.807) is 0 Å². The second-order valence-corrected chi connectivity index (χ2v) is 8.46. The number of hydrogen-bond acceptors (Lipinski definition) is 4. The van der Waals surface area contributed by atoms with Crippen LogP contribution in [0.3, 0.4) is 0 Å². The van der Waals surface area contributed by atoms with Gasteiger partial charge in [-0.25, -0.2) is 4.98 Å². The molecule has 1 aliphatic rings. The summed E-state index contributed by atoms with van der Waals surface area (Å²) in [6, 6.07) is 15.3. The molecule has 2 aromatic heterocycles. The predicted molar refractivity (Wildman–Crippen MR) is 119 cm³/mol. The fourth-order valence-electron chi connectivity index (χ4n) is 4.30. The maximum absolute atomic E-state index is 6.16. The van der Waals surface area contributed by atoms with Crippen LogP contribution in [0.1, 0.15) is 41.2 Å². The van der Waals surface area contributed by atoms with Gasteiger partial charge in [-0.1, -0.05) is 36.4 Å². The molecule has 0 bridgehead atoms. The minimum atomic E-state index is 0.626. The lowest BCUT2D eigenvalue weighted by molar-refractivity contribution is 0.241. The lowest BCUT2D eigenvalue weighted by Gasteiger charge is -2.21. The highest BCUT2D eigenvalue weighted by molar-refractivity contribution is 5.94. The number of oxazole rings is 1. The average Bonchev–Trinajstić information content (AvgIpc) is 3.48. The first-order chi connectivity index (χ1) is 14.5. The van der Waals surface area contributed by atoms with Gasteiger partial charge in [-0.05, 0) is 50.5 Å². The third-order valence-corrected chi connectivity index (χ3v) is 6.35. The molecular formula is C25H28N4O. The van der Waals surface area contributed by atoms with Crippen molar-refractivity contribution in [3.05, 3.63) is 70.9 Å². The van der Waals surface area contributed by atoms with Crippen LogP contribution in [0.15, 0.2) is 46.9 Å². The molecule has 2 heterocycles. The van der Waals surface area contributed by atoms with Crippen LogP contribution in [0.2, 0.25) is 0 Å². The molecule has 154 valence electrons. The zero-order valence-corrected chi connectivity index (χ0v) is 18.1. The van der Waals surface area contributed by atoms with Gasteiger partial charge >= 0.3 is 0 Å². The molecule has 30 heavy (non-hydrogen) atoms. The van der Waals surface area contributed by atoms with Crippen molar-refractivity contribution in [1.29, 1.82) is 0 Å². The molecule has 0 unspecified atom stereocenters. The molecule has 1 saturated carbocycles. The molecule has 0 N–H and O–H groups in total. The van der Waals surface area contributed by atoms with E-state index in [1.165, 1.54) is 34.9 Å². The van der Waals surface area contributed by atoms with Crippen molar-refractivity contribution in [1.82, 2.24) is 19.7 Å². The van der Waals surface area contributed by atoms with E-state index in [0.717, 1.165) is 35.8 Å². The Balaban J connectivity index is 1.45. The van der Waals surface area contributed by atoms with Crippen molar-refractivity contribution in [3.63, 3.8) is 0 Å². The summed E-state index contributed by atoms with van der Waals surface area (Å²) in [5.74, 6) is 1.62. The Bertz CT molecular complexity index is 1210. The van der Waals surface area contributed by atoms with Crippen LogP contribution >= 0.6 is 0 Å². The topological polar surface area (TPSA) is 47.1 Å².